The zero-order valence-corrected chi connectivity index (χ0v) is 16.9. The molecule has 2 rings (SSSR count). The lowest BCUT2D eigenvalue weighted by molar-refractivity contribution is -0.149. The minimum atomic E-state index is -0.0901. The molecule has 1 unspecified atom stereocenters. The molecule has 2 N–H and O–H groups in total. The Balaban J connectivity index is 0.00000288. The summed E-state index contributed by atoms with van der Waals surface area (Å²) in [5.41, 5.74) is 7.07. The zero-order valence-electron chi connectivity index (χ0n) is 15.2. The van der Waals surface area contributed by atoms with Crippen molar-refractivity contribution in [1.82, 2.24) is 4.90 Å². The molecule has 144 valence electrons. The second-order valence-electron chi connectivity index (χ2n) is 7.06. The predicted octanol–water partition coefficient (Wildman–Crippen LogP) is 3.66. The van der Waals surface area contributed by atoms with E-state index in [0.717, 1.165) is 32.5 Å². The van der Waals surface area contributed by atoms with Gasteiger partial charge in [0.1, 0.15) is 6.10 Å². The van der Waals surface area contributed by atoms with E-state index >= 15 is 0 Å². The largest absolute Gasteiger partial charge is 0.461 e. The fraction of sp³-hybridized carbons (Fsp3) is 0.632. The van der Waals surface area contributed by atoms with Crippen LogP contribution < -0.4 is 5.73 Å². The second-order valence-corrected chi connectivity index (χ2v) is 7.06. The lowest BCUT2D eigenvalue weighted by Gasteiger charge is -2.19. The number of hydrogen-bond donors (Lipinski definition) is 1. The third kappa shape index (κ3) is 8.91. The number of rotatable bonds is 8. The molecule has 1 heterocycles. The molecule has 1 aromatic rings. The molecule has 4 nitrogen and oxygen atoms in total. The van der Waals surface area contributed by atoms with Gasteiger partial charge in [0.05, 0.1) is 0 Å². The molecule has 25 heavy (non-hydrogen) atoms. The van der Waals surface area contributed by atoms with Gasteiger partial charge in [0.15, 0.2) is 0 Å². The molecular weight excluding hydrogens is 359 g/mol. The quantitative estimate of drug-likeness (QED) is 0.688. The van der Waals surface area contributed by atoms with Crippen LogP contribution in [0, 0.1) is 11.8 Å². The van der Waals surface area contributed by atoms with Crippen molar-refractivity contribution in [3.63, 3.8) is 0 Å². The highest BCUT2D eigenvalue weighted by atomic mass is 35.5. The highest BCUT2D eigenvalue weighted by molar-refractivity contribution is 5.85. The van der Waals surface area contributed by atoms with Crippen molar-refractivity contribution in [2.24, 2.45) is 17.6 Å². The summed E-state index contributed by atoms with van der Waals surface area (Å²) in [7, 11) is 0. The van der Waals surface area contributed by atoms with Crippen LogP contribution >= 0.6 is 24.8 Å². The summed E-state index contributed by atoms with van der Waals surface area (Å²) in [4.78, 5) is 14.5. The van der Waals surface area contributed by atoms with Crippen molar-refractivity contribution in [2.45, 2.75) is 45.8 Å². The number of ether oxygens (including phenoxy) is 1. The summed E-state index contributed by atoms with van der Waals surface area (Å²) in [6.07, 6.45) is 2.39. The maximum Gasteiger partial charge on any atom is 0.306 e. The number of hydrogen-bond acceptors (Lipinski definition) is 4. The van der Waals surface area contributed by atoms with Gasteiger partial charge in [0, 0.05) is 26.1 Å². The number of halogens is 2. The van der Waals surface area contributed by atoms with E-state index in [1.807, 2.05) is 6.07 Å². The van der Waals surface area contributed by atoms with Crippen LogP contribution in [-0.4, -0.2) is 36.6 Å². The van der Waals surface area contributed by atoms with Gasteiger partial charge in [0.2, 0.25) is 0 Å². The molecule has 0 aliphatic carbocycles. The number of benzene rings is 1. The minimum absolute atomic E-state index is 0. The highest BCUT2D eigenvalue weighted by Crippen LogP contribution is 2.19. The molecule has 0 bridgehead atoms. The van der Waals surface area contributed by atoms with Crippen molar-refractivity contribution in [3.05, 3.63) is 35.9 Å². The average Bonchev–Trinajstić information content (AvgIpc) is 2.94. The van der Waals surface area contributed by atoms with Crippen LogP contribution in [0.1, 0.15) is 38.7 Å². The van der Waals surface area contributed by atoms with Crippen LogP contribution in [0.2, 0.25) is 0 Å². The Kier molecular flexibility index (Phi) is 12.1. The van der Waals surface area contributed by atoms with Crippen molar-refractivity contribution in [2.75, 3.05) is 19.6 Å². The fourth-order valence-corrected chi connectivity index (χ4v) is 3.28. The Morgan fingerprint density at radius 1 is 1.28 bits per heavy atom. The number of esters is 1. The van der Waals surface area contributed by atoms with E-state index in [-0.39, 0.29) is 42.8 Å². The van der Waals surface area contributed by atoms with E-state index in [4.69, 9.17) is 10.5 Å². The Hall–Kier alpha value is -0.810. The first-order valence-corrected chi connectivity index (χ1v) is 8.72. The van der Waals surface area contributed by atoms with E-state index in [0.29, 0.717) is 18.9 Å². The summed E-state index contributed by atoms with van der Waals surface area (Å²) < 4.78 is 5.66. The van der Waals surface area contributed by atoms with Gasteiger partial charge in [0.25, 0.3) is 0 Å². The first kappa shape index (κ1) is 24.2. The van der Waals surface area contributed by atoms with E-state index in [2.05, 4.69) is 43.0 Å². The number of carbonyl (C=O) groups is 1. The molecule has 1 saturated heterocycles. The summed E-state index contributed by atoms with van der Waals surface area (Å²) in [6, 6.07) is 10.4. The SMILES string of the molecule is CC(C)C[C@H](CN)CC(=O)OC1CCN(Cc2ccccc2)C1.Cl.Cl. The molecule has 1 aromatic carbocycles. The molecule has 0 amide bonds. The second kappa shape index (κ2) is 12.5. The van der Waals surface area contributed by atoms with Gasteiger partial charge in [-0.3, -0.25) is 9.69 Å². The molecule has 0 radical (unpaired) electrons. The lowest BCUT2D eigenvalue weighted by Crippen LogP contribution is -2.27. The van der Waals surface area contributed by atoms with Crippen LogP contribution in [0.5, 0.6) is 0 Å². The van der Waals surface area contributed by atoms with Crippen molar-refractivity contribution >= 4 is 30.8 Å². The molecule has 0 spiro atoms. The number of nitrogens with two attached hydrogens (primary N) is 1. The van der Waals surface area contributed by atoms with Crippen molar-refractivity contribution < 1.29 is 9.53 Å². The van der Waals surface area contributed by atoms with Gasteiger partial charge in [-0.15, -0.1) is 24.8 Å². The van der Waals surface area contributed by atoms with Crippen LogP contribution in [-0.2, 0) is 16.1 Å². The number of carbonyl (C=O) groups excluding carboxylic acids is 1. The third-order valence-electron chi connectivity index (χ3n) is 4.37. The van der Waals surface area contributed by atoms with Gasteiger partial charge in [-0.2, -0.15) is 0 Å². The van der Waals surface area contributed by atoms with E-state index in [1.54, 1.807) is 0 Å². The standard InChI is InChI=1S/C19H30N2O2.2ClH/c1-15(2)10-17(12-20)11-19(22)23-18-8-9-21(14-18)13-16-6-4-3-5-7-16;;/h3-7,15,17-18H,8-14,20H2,1-2H3;2*1H/t17-,18?;;/m0../s1. The lowest BCUT2D eigenvalue weighted by atomic mass is 9.94. The van der Waals surface area contributed by atoms with Crippen molar-refractivity contribution in [1.29, 1.82) is 0 Å². The predicted molar refractivity (Wildman–Crippen MR) is 107 cm³/mol. The Labute approximate surface area is 164 Å². The highest BCUT2D eigenvalue weighted by Gasteiger charge is 2.26. The Morgan fingerprint density at radius 3 is 2.56 bits per heavy atom. The van der Waals surface area contributed by atoms with E-state index in [9.17, 15) is 4.79 Å². The first-order valence-electron chi connectivity index (χ1n) is 8.72. The molecule has 1 aliphatic rings. The monoisotopic (exact) mass is 390 g/mol. The maximum atomic E-state index is 12.1. The average molecular weight is 391 g/mol. The fourth-order valence-electron chi connectivity index (χ4n) is 3.28. The minimum Gasteiger partial charge on any atom is -0.461 e. The van der Waals surface area contributed by atoms with E-state index < -0.39 is 0 Å². The normalized spacial score (nSPS) is 18.3. The van der Waals surface area contributed by atoms with Crippen LogP contribution in [0.3, 0.4) is 0 Å². The Morgan fingerprint density at radius 2 is 1.96 bits per heavy atom. The zero-order chi connectivity index (χ0) is 16.7. The van der Waals surface area contributed by atoms with Gasteiger partial charge in [-0.1, -0.05) is 44.2 Å². The Bertz CT molecular complexity index is 486. The molecule has 0 aromatic heterocycles. The van der Waals surface area contributed by atoms with Gasteiger partial charge < -0.3 is 10.5 Å². The first-order chi connectivity index (χ1) is 11.1. The molecule has 0 saturated carbocycles. The molecule has 1 aliphatic heterocycles. The van der Waals surface area contributed by atoms with E-state index in [1.165, 1.54) is 5.56 Å². The van der Waals surface area contributed by atoms with Gasteiger partial charge >= 0.3 is 5.97 Å². The molecule has 6 heteroatoms. The number of likely N-dealkylation sites (tertiary alicyclic amines) is 1. The maximum absolute atomic E-state index is 12.1. The molecule has 1 fully saturated rings. The van der Waals surface area contributed by atoms with Crippen LogP contribution in [0.4, 0.5) is 0 Å². The van der Waals surface area contributed by atoms with Gasteiger partial charge in [-0.25, -0.2) is 0 Å². The molecular formula is C19H32Cl2N2O2. The number of nitrogens with zero attached hydrogens (tertiary/aromatic N) is 1. The van der Waals surface area contributed by atoms with Crippen LogP contribution in [0.15, 0.2) is 30.3 Å². The van der Waals surface area contributed by atoms with Crippen LogP contribution in [0.25, 0.3) is 0 Å². The van der Waals surface area contributed by atoms with Crippen molar-refractivity contribution in [3.8, 4) is 0 Å². The topological polar surface area (TPSA) is 55.6 Å². The summed E-state index contributed by atoms with van der Waals surface area (Å²) in [5, 5.41) is 0. The smallest absolute Gasteiger partial charge is 0.306 e. The summed E-state index contributed by atoms with van der Waals surface area (Å²) in [6.45, 7) is 7.61. The molecule has 2 atom stereocenters. The summed E-state index contributed by atoms with van der Waals surface area (Å²) >= 11 is 0. The third-order valence-corrected chi connectivity index (χ3v) is 4.37. The van der Waals surface area contributed by atoms with Gasteiger partial charge in [-0.05, 0) is 36.8 Å². The summed E-state index contributed by atoms with van der Waals surface area (Å²) in [5.74, 6) is 0.709.